The number of hydrogen-bond acceptors (Lipinski definition) is 4. The summed E-state index contributed by atoms with van der Waals surface area (Å²) in [6.07, 6.45) is 5.60. The van der Waals surface area contributed by atoms with E-state index in [1.165, 1.54) is 12.8 Å². The Hall–Kier alpha value is -1.59. The summed E-state index contributed by atoms with van der Waals surface area (Å²) in [6.45, 7) is 3.80. The van der Waals surface area contributed by atoms with Crippen molar-refractivity contribution in [1.82, 2.24) is 15.5 Å². The minimum absolute atomic E-state index is 0.0200. The fourth-order valence-corrected chi connectivity index (χ4v) is 4.42. The van der Waals surface area contributed by atoms with Gasteiger partial charge in [-0.15, -0.1) is 0 Å². The number of carbonyl (C=O) groups is 1. The first kappa shape index (κ1) is 16.9. The molecule has 4 rings (SSSR count). The summed E-state index contributed by atoms with van der Waals surface area (Å²) in [5.74, 6) is 1.15. The third-order valence-corrected chi connectivity index (χ3v) is 6.13. The lowest BCUT2D eigenvalue weighted by Gasteiger charge is -2.33. The van der Waals surface area contributed by atoms with E-state index in [4.69, 9.17) is 4.74 Å². The van der Waals surface area contributed by atoms with Crippen LogP contribution in [0.15, 0.2) is 24.3 Å². The molecule has 3 fully saturated rings. The molecule has 1 aliphatic carbocycles. The van der Waals surface area contributed by atoms with Gasteiger partial charge in [0.05, 0.1) is 13.2 Å². The van der Waals surface area contributed by atoms with E-state index >= 15 is 0 Å². The molecule has 5 heteroatoms. The summed E-state index contributed by atoms with van der Waals surface area (Å²) >= 11 is 0. The second kappa shape index (κ2) is 6.96. The van der Waals surface area contributed by atoms with Crippen LogP contribution in [0.1, 0.15) is 37.7 Å². The number of rotatable bonds is 5. The summed E-state index contributed by atoms with van der Waals surface area (Å²) in [6, 6.07) is 8.42. The predicted molar refractivity (Wildman–Crippen MR) is 97.5 cm³/mol. The van der Waals surface area contributed by atoms with E-state index in [9.17, 15) is 4.79 Å². The molecule has 1 saturated carbocycles. The molecule has 1 unspecified atom stereocenters. The molecule has 2 N–H and O–H groups in total. The number of ether oxygens (including phenoxy) is 1. The third-order valence-electron chi connectivity index (χ3n) is 6.13. The molecule has 2 aliphatic heterocycles. The summed E-state index contributed by atoms with van der Waals surface area (Å²) in [5, 5.41) is 6.98. The molecular weight excluding hydrogens is 314 g/mol. The molecule has 2 heterocycles. The molecule has 1 aromatic carbocycles. The number of benzene rings is 1. The van der Waals surface area contributed by atoms with Crippen LogP contribution in [0.3, 0.4) is 0 Å². The van der Waals surface area contributed by atoms with E-state index in [1.54, 1.807) is 7.11 Å². The number of hydrogen-bond donors (Lipinski definition) is 2. The van der Waals surface area contributed by atoms with Crippen molar-refractivity contribution in [2.45, 2.75) is 50.7 Å². The van der Waals surface area contributed by atoms with Crippen LogP contribution in [0.2, 0.25) is 0 Å². The highest BCUT2D eigenvalue weighted by molar-refractivity contribution is 5.83. The number of carbonyl (C=O) groups excluding carboxylic acids is 1. The van der Waals surface area contributed by atoms with Gasteiger partial charge < -0.3 is 20.3 Å². The highest BCUT2D eigenvalue weighted by Gasteiger charge is 2.45. The Kier molecular flexibility index (Phi) is 4.69. The van der Waals surface area contributed by atoms with E-state index in [0.29, 0.717) is 18.0 Å². The molecule has 3 aliphatic rings. The van der Waals surface area contributed by atoms with Crippen molar-refractivity contribution in [1.29, 1.82) is 0 Å². The smallest absolute Gasteiger partial charge is 0.240 e. The average Bonchev–Trinajstić information content (AvgIpc) is 3.42. The largest absolute Gasteiger partial charge is 0.496 e. The van der Waals surface area contributed by atoms with Crippen LogP contribution in [-0.4, -0.2) is 49.6 Å². The quantitative estimate of drug-likeness (QED) is 0.858. The van der Waals surface area contributed by atoms with Gasteiger partial charge in [-0.3, -0.25) is 4.79 Å². The van der Waals surface area contributed by atoms with Gasteiger partial charge in [0.15, 0.2) is 0 Å². The van der Waals surface area contributed by atoms with Gasteiger partial charge in [-0.25, -0.2) is 0 Å². The maximum absolute atomic E-state index is 13.3. The van der Waals surface area contributed by atoms with E-state index in [0.717, 1.165) is 50.2 Å². The fourth-order valence-electron chi connectivity index (χ4n) is 4.42. The van der Waals surface area contributed by atoms with E-state index < -0.39 is 0 Å². The van der Waals surface area contributed by atoms with Crippen LogP contribution < -0.4 is 15.4 Å². The van der Waals surface area contributed by atoms with Gasteiger partial charge in [0.2, 0.25) is 5.91 Å². The van der Waals surface area contributed by atoms with Gasteiger partial charge in [-0.05, 0) is 56.7 Å². The molecule has 0 aromatic heterocycles. The number of nitrogens with one attached hydrogen (secondary N) is 2. The SMILES string of the molecule is COc1ccccc1CN(C(=O)C1CC2(CCNCC2)CN1)C1CC1. The number of piperidine rings is 1. The molecule has 136 valence electrons. The highest BCUT2D eigenvalue weighted by atomic mass is 16.5. The van der Waals surface area contributed by atoms with Gasteiger partial charge in [-0.1, -0.05) is 18.2 Å². The molecule has 2 saturated heterocycles. The topological polar surface area (TPSA) is 53.6 Å². The Morgan fingerprint density at radius 2 is 2.04 bits per heavy atom. The molecule has 1 spiro atoms. The summed E-state index contributed by atoms with van der Waals surface area (Å²) in [7, 11) is 1.70. The number of para-hydroxylation sites is 1. The van der Waals surface area contributed by atoms with Crippen molar-refractivity contribution >= 4 is 5.91 Å². The van der Waals surface area contributed by atoms with Gasteiger partial charge in [0, 0.05) is 24.7 Å². The second-order valence-electron chi connectivity index (χ2n) is 7.90. The van der Waals surface area contributed by atoms with Gasteiger partial charge in [0.25, 0.3) is 0 Å². The van der Waals surface area contributed by atoms with Crippen molar-refractivity contribution in [2.75, 3.05) is 26.7 Å². The number of methoxy groups -OCH3 is 1. The van der Waals surface area contributed by atoms with Gasteiger partial charge >= 0.3 is 0 Å². The first-order valence-electron chi connectivity index (χ1n) is 9.57. The first-order chi connectivity index (χ1) is 12.2. The zero-order valence-corrected chi connectivity index (χ0v) is 15.1. The zero-order chi connectivity index (χ0) is 17.3. The molecular formula is C20H29N3O2. The van der Waals surface area contributed by atoms with E-state index in [-0.39, 0.29) is 11.9 Å². The van der Waals surface area contributed by atoms with Crippen molar-refractivity contribution in [3.05, 3.63) is 29.8 Å². The molecule has 1 amide bonds. The Morgan fingerprint density at radius 3 is 2.76 bits per heavy atom. The summed E-state index contributed by atoms with van der Waals surface area (Å²) in [4.78, 5) is 15.4. The monoisotopic (exact) mass is 343 g/mol. The zero-order valence-electron chi connectivity index (χ0n) is 15.1. The fraction of sp³-hybridized carbons (Fsp3) is 0.650. The molecule has 1 atom stereocenters. The van der Waals surface area contributed by atoms with Gasteiger partial charge in [-0.2, -0.15) is 0 Å². The maximum atomic E-state index is 13.3. The highest BCUT2D eigenvalue weighted by Crippen LogP contribution is 2.39. The molecule has 0 bridgehead atoms. The molecule has 0 radical (unpaired) electrons. The van der Waals surface area contributed by atoms with Crippen LogP contribution in [0.25, 0.3) is 0 Å². The Labute approximate surface area is 150 Å². The lowest BCUT2D eigenvalue weighted by molar-refractivity contribution is -0.134. The summed E-state index contributed by atoms with van der Waals surface area (Å²) < 4.78 is 5.48. The lowest BCUT2D eigenvalue weighted by Crippen LogP contribution is -2.44. The minimum Gasteiger partial charge on any atom is -0.496 e. The Morgan fingerprint density at radius 1 is 1.28 bits per heavy atom. The van der Waals surface area contributed by atoms with E-state index in [1.807, 2.05) is 18.2 Å². The van der Waals surface area contributed by atoms with Crippen LogP contribution in [0, 0.1) is 5.41 Å². The van der Waals surface area contributed by atoms with Crippen LogP contribution in [0.5, 0.6) is 5.75 Å². The van der Waals surface area contributed by atoms with Crippen molar-refractivity contribution in [3.63, 3.8) is 0 Å². The van der Waals surface area contributed by atoms with Crippen molar-refractivity contribution < 1.29 is 9.53 Å². The molecule has 1 aromatic rings. The predicted octanol–water partition coefficient (Wildman–Crippen LogP) is 1.92. The molecule has 5 nitrogen and oxygen atoms in total. The van der Waals surface area contributed by atoms with Crippen molar-refractivity contribution in [3.8, 4) is 5.75 Å². The van der Waals surface area contributed by atoms with Crippen molar-refractivity contribution in [2.24, 2.45) is 5.41 Å². The standard InChI is InChI=1S/C20H29N3O2/c1-25-18-5-3-2-4-15(18)13-23(16-6-7-16)19(24)17-12-20(14-22-17)8-10-21-11-9-20/h2-5,16-17,21-22H,6-14H2,1H3. The lowest BCUT2D eigenvalue weighted by atomic mass is 9.77. The van der Waals surface area contributed by atoms with Crippen LogP contribution >= 0.6 is 0 Å². The maximum Gasteiger partial charge on any atom is 0.240 e. The third kappa shape index (κ3) is 3.53. The number of amides is 1. The Balaban J connectivity index is 1.47. The minimum atomic E-state index is -0.0200. The number of nitrogens with zero attached hydrogens (tertiary/aromatic N) is 1. The van der Waals surface area contributed by atoms with E-state index in [2.05, 4.69) is 21.6 Å². The second-order valence-corrected chi connectivity index (χ2v) is 7.90. The van der Waals surface area contributed by atoms with Crippen LogP contribution in [-0.2, 0) is 11.3 Å². The normalized spacial score (nSPS) is 25.1. The Bertz CT molecular complexity index is 623. The average molecular weight is 343 g/mol. The van der Waals surface area contributed by atoms with Gasteiger partial charge in [0.1, 0.15) is 5.75 Å². The first-order valence-corrected chi connectivity index (χ1v) is 9.57. The van der Waals surface area contributed by atoms with Crippen LogP contribution in [0.4, 0.5) is 0 Å². The summed E-state index contributed by atoms with van der Waals surface area (Å²) in [5.41, 5.74) is 1.42. The molecule has 25 heavy (non-hydrogen) atoms.